The van der Waals surface area contributed by atoms with Crippen LogP contribution in [0.2, 0.25) is 0 Å². The third-order valence-electron chi connectivity index (χ3n) is 2.83. The molecule has 1 saturated carbocycles. The van der Waals surface area contributed by atoms with Crippen molar-refractivity contribution in [1.29, 1.82) is 0 Å². The largest absolute Gasteiger partial charge is 0.383 e. The molecule has 0 aromatic rings. The molecule has 0 heterocycles. The minimum atomic E-state index is -3.78. The summed E-state index contributed by atoms with van der Waals surface area (Å²) in [6.45, 7) is 1.27. The molecule has 1 rings (SSSR count). The molecule has 98 valence electrons. The third kappa shape index (κ3) is 2.91. The van der Waals surface area contributed by atoms with E-state index in [4.69, 9.17) is 0 Å². The van der Waals surface area contributed by atoms with Gasteiger partial charge in [-0.25, -0.2) is 0 Å². The highest BCUT2D eigenvalue weighted by atomic mass is 19.3. The maximum Gasteiger partial charge on any atom is 0.352 e. The Morgan fingerprint density at radius 3 is 2.24 bits per heavy atom. The summed E-state index contributed by atoms with van der Waals surface area (Å²) in [4.78, 5) is 21.7. The molecular weight excluding hydrogens is 234 g/mol. The van der Waals surface area contributed by atoms with Crippen LogP contribution in [0.5, 0.6) is 0 Å². The SMILES string of the molecule is CC(=O)NCCNC(=O)C(F)(F)C1(O)CCC1. The number of hydrogen-bond donors (Lipinski definition) is 3. The summed E-state index contributed by atoms with van der Waals surface area (Å²) in [5.41, 5.74) is -2.20. The number of carbonyl (C=O) groups is 2. The van der Waals surface area contributed by atoms with Crippen LogP contribution in [-0.2, 0) is 9.59 Å². The van der Waals surface area contributed by atoms with Crippen molar-refractivity contribution >= 4 is 11.8 Å². The molecule has 17 heavy (non-hydrogen) atoms. The fourth-order valence-corrected chi connectivity index (χ4v) is 1.56. The Hall–Kier alpha value is -1.24. The Morgan fingerprint density at radius 2 is 1.82 bits per heavy atom. The van der Waals surface area contributed by atoms with Crippen molar-refractivity contribution in [3.05, 3.63) is 0 Å². The molecule has 3 N–H and O–H groups in total. The number of aliphatic hydroxyl groups is 1. The predicted octanol–water partition coefficient (Wildman–Crippen LogP) is -0.211. The molecule has 1 aliphatic rings. The van der Waals surface area contributed by atoms with Crippen LogP contribution >= 0.6 is 0 Å². The van der Waals surface area contributed by atoms with E-state index >= 15 is 0 Å². The third-order valence-corrected chi connectivity index (χ3v) is 2.83. The molecular formula is C10H16F2N2O3. The van der Waals surface area contributed by atoms with Crippen molar-refractivity contribution in [3.63, 3.8) is 0 Å². The summed E-state index contributed by atoms with van der Waals surface area (Å²) in [6, 6.07) is 0. The Morgan fingerprint density at radius 1 is 1.29 bits per heavy atom. The Balaban J connectivity index is 2.38. The zero-order valence-corrected chi connectivity index (χ0v) is 9.56. The van der Waals surface area contributed by atoms with E-state index in [1.54, 1.807) is 0 Å². The Kier molecular flexibility index (Phi) is 4.03. The van der Waals surface area contributed by atoms with E-state index < -0.39 is 17.4 Å². The first kappa shape index (κ1) is 13.8. The van der Waals surface area contributed by atoms with E-state index in [1.807, 2.05) is 5.32 Å². The quantitative estimate of drug-likeness (QED) is 0.591. The van der Waals surface area contributed by atoms with Gasteiger partial charge in [-0.1, -0.05) is 0 Å². The van der Waals surface area contributed by atoms with E-state index in [0.29, 0.717) is 6.42 Å². The molecule has 0 bridgehead atoms. The van der Waals surface area contributed by atoms with Crippen molar-refractivity contribution in [2.45, 2.75) is 37.7 Å². The van der Waals surface area contributed by atoms with Crippen LogP contribution in [0.25, 0.3) is 0 Å². The lowest BCUT2D eigenvalue weighted by atomic mass is 9.75. The summed E-state index contributed by atoms with van der Waals surface area (Å²) in [6.07, 6.45) is 0.351. The molecule has 2 amide bonds. The number of rotatable bonds is 5. The normalized spacial score (nSPS) is 18.1. The molecule has 0 aromatic heterocycles. The van der Waals surface area contributed by atoms with E-state index in [1.165, 1.54) is 6.92 Å². The van der Waals surface area contributed by atoms with Crippen LogP contribution in [0.4, 0.5) is 8.78 Å². The van der Waals surface area contributed by atoms with Crippen LogP contribution in [0.3, 0.4) is 0 Å². The van der Waals surface area contributed by atoms with Gasteiger partial charge in [0.15, 0.2) is 0 Å². The lowest BCUT2D eigenvalue weighted by molar-refractivity contribution is -0.215. The smallest absolute Gasteiger partial charge is 0.352 e. The minimum Gasteiger partial charge on any atom is -0.383 e. The van der Waals surface area contributed by atoms with Gasteiger partial charge in [-0.2, -0.15) is 8.78 Å². The van der Waals surface area contributed by atoms with Gasteiger partial charge in [0, 0.05) is 20.0 Å². The monoisotopic (exact) mass is 250 g/mol. The molecule has 0 aliphatic heterocycles. The molecule has 1 aliphatic carbocycles. The first-order valence-corrected chi connectivity index (χ1v) is 5.42. The lowest BCUT2D eigenvalue weighted by Crippen LogP contribution is -2.61. The second-order valence-electron chi connectivity index (χ2n) is 4.20. The maximum absolute atomic E-state index is 13.5. The number of nitrogens with one attached hydrogen (secondary N) is 2. The van der Waals surface area contributed by atoms with Crippen molar-refractivity contribution in [2.24, 2.45) is 0 Å². The number of halogens is 2. The van der Waals surface area contributed by atoms with Crippen molar-refractivity contribution < 1.29 is 23.5 Å². The molecule has 0 spiro atoms. The highest BCUT2D eigenvalue weighted by Crippen LogP contribution is 2.44. The molecule has 0 unspecified atom stereocenters. The number of hydrogen-bond acceptors (Lipinski definition) is 3. The fraction of sp³-hybridized carbons (Fsp3) is 0.800. The standard InChI is InChI=1S/C10H16F2N2O3/c1-7(15)13-5-6-14-8(16)10(11,12)9(17)3-2-4-9/h17H,2-6H2,1H3,(H,13,15)(H,14,16). The average Bonchev–Trinajstić information content (AvgIpc) is 2.19. The Bertz CT molecular complexity index is 317. The van der Waals surface area contributed by atoms with Crippen LogP contribution in [0, 0.1) is 0 Å². The molecule has 1 fully saturated rings. The van der Waals surface area contributed by atoms with Crippen LogP contribution in [0.15, 0.2) is 0 Å². The molecule has 0 aromatic carbocycles. The van der Waals surface area contributed by atoms with Gasteiger partial charge in [0.05, 0.1) is 0 Å². The summed E-state index contributed by atoms with van der Waals surface area (Å²) in [5, 5.41) is 13.8. The van der Waals surface area contributed by atoms with E-state index in [2.05, 4.69) is 5.32 Å². The summed E-state index contributed by atoms with van der Waals surface area (Å²) < 4.78 is 27.0. The molecule has 0 saturated heterocycles. The Labute approximate surface area is 97.6 Å². The zero-order chi connectivity index (χ0) is 13.1. The van der Waals surface area contributed by atoms with Gasteiger partial charge in [-0.15, -0.1) is 0 Å². The van der Waals surface area contributed by atoms with Crippen molar-refractivity contribution in [1.82, 2.24) is 10.6 Å². The highest BCUT2D eigenvalue weighted by Gasteiger charge is 2.60. The number of carbonyl (C=O) groups excluding carboxylic acids is 2. The van der Waals surface area contributed by atoms with Gasteiger partial charge in [0.25, 0.3) is 5.91 Å². The van der Waals surface area contributed by atoms with Crippen molar-refractivity contribution in [2.75, 3.05) is 13.1 Å². The van der Waals surface area contributed by atoms with Crippen LogP contribution in [-0.4, -0.2) is 41.5 Å². The average molecular weight is 250 g/mol. The maximum atomic E-state index is 13.5. The zero-order valence-electron chi connectivity index (χ0n) is 9.56. The molecule has 7 heteroatoms. The van der Waals surface area contributed by atoms with Gasteiger partial charge >= 0.3 is 5.92 Å². The van der Waals surface area contributed by atoms with Gasteiger partial charge < -0.3 is 15.7 Å². The van der Waals surface area contributed by atoms with E-state index in [9.17, 15) is 23.5 Å². The van der Waals surface area contributed by atoms with Crippen LogP contribution < -0.4 is 10.6 Å². The second kappa shape index (κ2) is 4.95. The lowest BCUT2D eigenvalue weighted by Gasteiger charge is -2.41. The molecule has 5 nitrogen and oxygen atoms in total. The van der Waals surface area contributed by atoms with Gasteiger partial charge in [0.2, 0.25) is 5.91 Å². The minimum absolute atomic E-state index is 0.0703. The highest BCUT2D eigenvalue weighted by molar-refractivity contribution is 5.85. The topological polar surface area (TPSA) is 78.4 Å². The summed E-state index contributed by atoms with van der Waals surface area (Å²) in [5.74, 6) is -5.57. The summed E-state index contributed by atoms with van der Waals surface area (Å²) >= 11 is 0. The van der Waals surface area contributed by atoms with E-state index in [-0.39, 0.29) is 31.8 Å². The van der Waals surface area contributed by atoms with Gasteiger partial charge in [-0.3, -0.25) is 9.59 Å². The number of alkyl halides is 2. The van der Waals surface area contributed by atoms with Crippen molar-refractivity contribution in [3.8, 4) is 0 Å². The van der Waals surface area contributed by atoms with E-state index in [0.717, 1.165) is 0 Å². The fourth-order valence-electron chi connectivity index (χ4n) is 1.56. The second-order valence-corrected chi connectivity index (χ2v) is 4.20. The first-order valence-electron chi connectivity index (χ1n) is 5.42. The molecule has 0 radical (unpaired) electrons. The summed E-state index contributed by atoms with van der Waals surface area (Å²) in [7, 11) is 0. The molecule has 0 atom stereocenters. The number of amides is 2. The predicted molar refractivity (Wildman–Crippen MR) is 55.4 cm³/mol. The first-order chi connectivity index (χ1) is 7.79. The van der Waals surface area contributed by atoms with Gasteiger partial charge in [-0.05, 0) is 19.3 Å². The van der Waals surface area contributed by atoms with Crippen LogP contribution in [0.1, 0.15) is 26.2 Å². The van der Waals surface area contributed by atoms with Gasteiger partial charge in [0.1, 0.15) is 5.60 Å².